The molecule has 140 valence electrons. The lowest BCUT2D eigenvalue weighted by Gasteiger charge is -2.54. The lowest BCUT2D eigenvalue weighted by atomic mass is 9.53. The predicted octanol–water partition coefficient (Wildman–Crippen LogP) is 3.02. The van der Waals surface area contributed by atoms with Gasteiger partial charge in [-0.15, -0.1) is 0 Å². The normalized spacial score (nSPS) is 31.7. The van der Waals surface area contributed by atoms with Crippen LogP contribution in [0.15, 0.2) is 12.1 Å². The SMILES string of the molecule is COc1cc(C(=O)OC23CC4C[C@H](C2)C(=O)[C@@H](C4)C3)cc(OC)c1OC. The predicted molar refractivity (Wildman–Crippen MR) is 92.8 cm³/mol. The molecule has 4 saturated carbocycles. The molecule has 0 amide bonds. The van der Waals surface area contributed by atoms with E-state index in [0.717, 1.165) is 19.3 Å². The molecule has 0 saturated heterocycles. The summed E-state index contributed by atoms with van der Waals surface area (Å²) in [5, 5.41) is 0. The highest BCUT2D eigenvalue weighted by Crippen LogP contribution is 2.55. The van der Waals surface area contributed by atoms with Crippen molar-refractivity contribution >= 4 is 11.8 Å². The van der Waals surface area contributed by atoms with Crippen LogP contribution in [-0.4, -0.2) is 38.7 Å². The number of hydrogen-bond donors (Lipinski definition) is 0. The van der Waals surface area contributed by atoms with Gasteiger partial charge in [0.1, 0.15) is 11.4 Å². The second-order valence-electron chi connectivity index (χ2n) is 7.73. The van der Waals surface area contributed by atoms with Crippen molar-refractivity contribution in [2.75, 3.05) is 21.3 Å². The van der Waals surface area contributed by atoms with Crippen LogP contribution < -0.4 is 14.2 Å². The van der Waals surface area contributed by atoms with E-state index in [1.165, 1.54) is 21.3 Å². The van der Waals surface area contributed by atoms with E-state index in [4.69, 9.17) is 18.9 Å². The monoisotopic (exact) mass is 360 g/mol. The van der Waals surface area contributed by atoms with Gasteiger partial charge in [-0.2, -0.15) is 0 Å². The number of carbonyl (C=O) groups excluding carboxylic acids is 2. The number of ether oxygens (including phenoxy) is 4. The highest BCUT2D eigenvalue weighted by atomic mass is 16.6. The Balaban J connectivity index is 1.60. The van der Waals surface area contributed by atoms with Crippen molar-refractivity contribution < 1.29 is 28.5 Å². The molecule has 0 aliphatic heterocycles. The Hall–Kier alpha value is -2.24. The second-order valence-corrected chi connectivity index (χ2v) is 7.73. The summed E-state index contributed by atoms with van der Waals surface area (Å²) in [6, 6.07) is 3.21. The van der Waals surface area contributed by atoms with Gasteiger partial charge in [-0.25, -0.2) is 4.79 Å². The maximum Gasteiger partial charge on any atom is 0.338 e. The van der Waals surface area contributed by atoms with Crippen molar-refractivity contribution in [3.8, 4) is 17.2 Å². The van der Waals surface area contributed by atoms with Crippen molar-refractivity contribution in [1.82, 2.24) is 0 Å². The topological polar surface area (TPSA) is 71.1 Å². The molecule has 0 heterocycles. The minimum Gasteiger partial charge on any atom is -0.493 e. The molecule has 4 bridgehead atoms. The van der Waals surface area contributed by atoms with Crippen molar-refractivity contribution in [1.29, 1.82) is 0 Å². The summed E-state index contributed by atoms with van der Waals surface area (Å²) in [6.45, 7) is 0. The highest BCUT2D eigenvalue weighted by Gasteiger charge is 2.57. The van der Waals surface area contributed by atoms with E-state index in [2.05, 4.69) is 0 Å². The molecule has 1 aromatic rings. The van der Waals surface area contributed by atoms with Gasteiger partial charge in [0.2, 0.25) is 5.75 Å². The quantitative estimate of drug-likeness (QED) is 0.752. The van der Waals surface area contributed by atoms with Crippen molar-refractivity contribution in [3.05, 3.63) is 17.7 Å². The van der Waals surface area contributed by atoms with E-state index in [-0.39, 0.29) is 11.8 Å². The van der Waals surface area contributed by atoms with E-state index in [1.807, 2.05) is 0 Å². The molecule has 26 heavy (non-hydrogen) atoms. The van der Waals surface area contributed by atoms with Gasteiger partial charge >= 0.3 is 5.97 Å². The Bertz CT molecular complexity index is 712. The molecule has 6 heteroatoms. The van der Waals surface area contributed by atoms with Crippen LogP contribution in [0.25, 0.3) is 0 Å². The Kier molecular flexibility index (Phi) is 4.09. The van der Waals surface area contributed by atoms with Crippen LogP contribution in [0, 0.1) is 17.8 Å². The minimum absolute atomic E-state index is 0.0639. The number of carbonyl (C=O) groups is 2. The van der Waals surface area contributed by atoms with E-state index >= 15 is 0 Å². The number of esters is 1. The fraction of sp³-hybridized carbons (Fsp3) is 0.600. The summed E-state index contributed by atoms with van der Waals surface area (Å²) in [5.74, 6) is 1.87. The zero-order chi connectivity index (χ0) is 18.5. The standard InChI is InChI=1S/C20H24O6/c1-23-15-6-12(7-16(24-2)18(15)25-3)19(22)26-20-8-11-4-13(9-20)17(21)14(5-11)10-20/h6-7,11,13-14H,4-5,8-10H2,1-3H3/t11?,13-,14+,20?. The smallest absolute Gasteiger partial charge is 0.338 e. The summed E-state index contributed by atoms with van der Waals surface area (Å²) in [4.78, 5) is 25.2. The first kappa shape index (κ1) is 17.2. The minimum atomic E-state index is -0.498. The number of rotatable bonds is 5. The van der Waals surface area contributed by atoms with E-state index in [1.54, 1.807) is 12.1 Å². The van der Waals surface area contributed by atoms with Gasteiger partial charge in [-0.3, -0.25) is 4.79 Å². The molecule has 1 aromatic carbocycles. The number of hydrogen-bond acceptors (Lipinski definition) is 6. The van der Waals surface area contributed by atoms with E-state index in [0.29, 0.717) is 47.4 Å². The average Bonchev–Trinajstić information content (AvgIpc) is 2.63. The third-order valence-corrected chi connectivity index (χ3v) is 6.15. The van der Waals surface area contributed by atoms with Crippen LogP contribution in [0.2, 0.25) is 0 Å². The van der Waals surface area contributed by atoms with Crippen LogP contribution in [0.1, 0.15) is 42.5 Å². The number of Topliss-reactive ketones (excluding diaryl/α,β-unsaturated/α-hetero) is 1. The first-order chi connectivity index (χ1) is 12.5. The van der Waals surface area contributed by atoms with Crippen LogP contribution in [0.3, 0.4) is 0 Å². The second kappa shape index (κ2) is 6.18. The zero-order valence-electron chi connectivity index (χ0n) is 15.4. The first-order valence-corrected chi connectivity index (χ1v) is 9.05. The third-order valence-electron chi connectivity index (χ3n) is 6.15. The lowest BCUT2D eigenvalue weighted by Crippen LogP contribution is -2.56. The first-order valence-electron chi connectivity index (χ1n) is 9.05. The van der Waals surface area contributed by atoms with Gasteiger partial charge in [0.05, 0.1) is 26.9 Å². The molecule has 4 aliphatic carbocycles. The fourth-order valence-corrected chi connectivity index (χ4v) is 5.25. The highest BCUT2D eigenvalue weighted by molar-refractivity contribution is 5.92. The Morgan fingerprint density at radius 1 is 0.962 bits per heavy atom. The van der Waals surface area contributed by atoms with Crippen molar-refractivity contribution in [3.63, 3.8) is 0 Å². The lowest BCUT2D eigenvalue weighted by molar-refractivity contribution is -0.162. The molecule has 4 aliphatic rings. The van der Waals surface area contributed by atoms with E-state index in [9.17, 15) is 9.59 Å². The summed E-state index contributed by atoms with van der Waals surface area (Å²) in [7, 11) is 4.54. The van der Waals surface area contributed by atoms with E-state index < -0.39 is 11.6 Å². The number of benzene rings is 1. The maximum absolute atomic E-state index is 12.9. The summed E-state index contributed by atoms with van der Waals surface area (Å²) >= 11 is 0. The van der Waals surface area contributed by atoms with Crippen LogP contribution >= 0.6 is 0 Å². The third kappa shape index (κ3) is 2.63. The van der Waals surface area contributed by atoms with Gasteiger partial charge in [0.25, 0.3) is 0 Å². The largest absolute Gasteiger partial charge is 0.493 e. The molecule has 0 radical (unpaired) electrons. The molecule has 2 unspecified atom stereocenters. The molecular formula is C20H24O6. The molecule has 0 spiro atoms. The van der Waals surface area contributed by atoms with Crippen molar-refractivity contribution in [2.24, 2.45) is 17.8 Å². The summed E-state index contributed by atoms with van der Waals surface area (Å²) in [5.41, 5.74) is -0.136. The maximum atomic E-state index is 12.9. The van der Waals surface area contributed by atoms with Gasteiger partial charge in [-0.05, 0) is 50.2 Å². The van der Waals surface area contributed by atoms with Crippen LogP contribution in [-0.2, 0) is 9.53 Å². The molecule has 5 rings (SSSR count). The van der Waals surface area contributed by atoms with Gasteiger partial charge in [0.15, 0.2) is 11.5 Å². The molecular weight excluding hydrogens is 336 g/mol. The molecule has 4 fully saturated rings. The Morgan fingerprint density at radius 2 is 1.54 bits per heavy atom. The average molecular weight is 360 g/mol. The van der Waals surface area contributed by atoms with Gasteiger partial charge < -0.3 is 18.9 Å². The summed E-state index contributed by atoms with van der Waals surface area (Å²) < 4.78 is 22.0. The molecule has 4 atom stereocenters. The molecule has 0 aromatic heterocycles. The molecule has 0 N–H and O–H groups in total. The van der Waals surface area contributed by atoms with Crippen molar-refractivity contribution in [2.45, 2.75) is 37.7 Å². The Labute approximate surface area is 152 Å². The molecule has 6 nitrogen and oxygen atoms in total. The van der Waals surface area contributed by atoms with Crippen LogP contribution in [0.5, 0.6) is 17.2 Å². The number of methoxy groups -OCH3 is 3. The number of ketones is 1. The zero-order valence-corrected chi connectivity index (χ0v) is 15.4. The van der Waals surface area contributed by atoms with Crippen LogP contribution in [0.4, 0.5) is 0 Å². The summed E-state index contributed by atoms with van der Waals surface area (Å²) in [6.07, 6.45) is 4.10. The fourth-order valence-electron chi connectivity index (χ4n) is 5.25. The van der Waals surface area contributed by atoms with Gasteiger partial charge in [0, 0.05) is 11.8 Å². The Morgan fingerprint density at radius 3 is 2.04 bits per heavy atom. The van der Waals surface area contributed by atoms with Gasteiger partial charge in [-0.1, -0.05) is 0 Å².